The third-order valence-electron chi connectivity index (χ3n) is 3.95. The highest BCUT2D eigenvalue weighted by Gasteiger charge is 2.32. The summed E-state index contributed by atoms with van der Waals surface area (Å²) in [5.41, 5.74) is -1.47. The molecule has 0 aromatic carbocycles. The van der Waals surface area contributed by atoms with Gasteiger partial charge < -0.3 is 9.67 Å². The highest BCUT2D eigenvalue weighted by Crippen LogP contribution is 2.13. The SMILES string of the molecule is CCC(C=Cc1c([O-])n(C)c(=O)[nH]c1=O)=CC=C1C(=O)NC(=O)N(C)C1=O. The second-order valence-corrected chi connectivity index (χ2v) is 5.67. The molecule has 142 valence electrons. The number of carbonyl (C=O) groups is 3. The van der Waals surface area contributed by atoms with Crippen LogP contribution in [0.5, 0.6) is 5.88 Å². The van der Waals surface area contributed by atoms with Crippen LogP contribution in [0.4, 0.5) is 4.79 Å². The number of allylic oxidation sites excluding steroid dienone is 4. The quantitative estimate of drug-likeness (QED) is 0.399. The third kappa shape index (κ3) is 3.94. The van der Waals surface area contributed by atoms with Crippen molar-refractivity contribution in [1.29, 1.82) is 0 Å². The van der Waals surface area contributed by atoms with Crippen molar-refractivity contribution in [3.05, 3.63) is 55.8 Å². The van der Waals surface area contributed by atoms with Gasteiger partial charge in [0.15, 0.2) is 0 Å². The minimum atomic E-state index is -0.810. The minimum absolute atomic E-state index is 0.221. The Bertz CT molecular complexity index is 1020. The van der Waals surface area contributed by atoms with Gasteiger partial charge in [-0.2, -0.15) is 0 Å². The van der Waals surface area contributed by atoms with Gasteiger partial charge in [0, 0.05) is 19.7 Å². The number of barbiturate groups is 1. The molecule has 10 heteroatoms. The Labute approximate surface area is 153 Å². The maximum Gasteiger partial charge on any atom is 0.331 e. The molecule has 2 rings (SSSR count). The van der Waals surface area contributed by atoms with Crippen LogP contribution in [0.15, 0.2) is 39.0 Å². The van der Waals surface area contributed by atoms with Crippen LogP contribution in [0, 0.1) is 0 Å². The van der Waals surface area contributed by atoms with Crippen LogP contribution in [0.3, 0.4) is 0 Å². The summed E-state index contributed by atoms with van der Waals surface area (Å²) in [6.07, 6.45) is 5.91. The molecule has 0 bridgehead atoms. The first-order chi connectivity index (χ1) is 12.7. The molecule has 27 heavy (non-hydrogen) atoms. The van der Waals surface area contributed by atoms with Crippen molar-refractivity contribution < 1.29 is 19.5 Å². The lowest BCUT2D eigenvalue weighted by Crippen LogP contribution is -2.52. The van der Waals surface area contributed by atoms with Crippen LogP contribution in [-0.2, 0) is 16.6 Å². The standard InChI is InChI=1S/C17H18N4O6/c1-4-9(5-7-10-12(22)18-16(26)20(2)14(10)24)6-8-11-13(23)19-17(27)21(3)15(11)25/h5-8,24H,4H2,1-3H3,(H,18,22,26)(H,19,23,27)/p-1. The summed E-state index contributed by atoms with van der Waals surface area (Å²) in [5.74, 6) is -2.29. The van der Waals surface area contributed by atoms with Crippen molar-refractivity contribution >= 4 is 23.9 Å². The Morgan fingerprint density at radius 3 is 2.44 bits per heavy atom. The molecule has 10 nitrogen and oxygen atoms in total. The molecule has 0 atom stereocenters. The molecule has 0 spiro atoms. The van der Waals surface area contributed by atoms with Gasteiger partial charge in [0.2, 0.25) is 0 Å². The lowest BCUT2D eigenvalue weighted by molar-refractivity contribution is -0.279. The van der Waals surface area contributed by atoms with E-state index in [0.29, 0.717) is 12.0 Å². The van der Waals surface area contributed by atoms with Crippen molar-refractivity contribution in [2.24, 2.45) is 7.05 Å². The maximum absolute atomic E-state index is 12.0. The number of nitrogens with one attached hydrogen (secondary N) is 2. The van der Waals surface area contributed by atoms with E-state index < -0.39 is 35.0 Å². The Kier molecular flexibility index (Phi) is 5.59. The second kappa shape index (κ2) is 7.68. The monoisotopic (exact) mass is 373 g/mol. The predicted octanol–water partition coefficient (Wildman–Crippen LogP) is -0.869. The molecule has 0 radical (unpaired) electrons. The fourth-order valence-corrected chi connectivity index (χ4v) is 2.20. The molecule has 1 fully saturated rings. The Balaban J connectivity index is 2.37. The summed E-state index contributed by atoms with van der Waals surface area (Å²) in [5, 5.41) is 14.0. The van der Waals surface area contributed by atoms with E-state index in [9.17, 15) is 29.1 Å². The third-order valence-corrected chi connectivity index (χ3v) is 3.95. The summed E-state index contributed by atoms with van der Waals surface area (Å²) in [4.78, 5) is 61.1. The Morgan fingerprint density at radius 1 is 1.15 bits per heavy atom. The van der Waals surface area contributed by atoms with Gasteiger partial charge in [0.1, 0.15) is 5.57 Å². The molecule has 2 heterocycles. The lowest BCUT2D eigenvalue weighted by atomic mass is 10.1. The Morgan fingerprint density at radius 2 is 1.81 bits per heavy atom. The summed E-state index contributed by atoms with van der Waals surface area (Å²) in [7, 11) is 2.48. The van der Waals surface area contributed by atoms with Crippen LogP contribution < -0.4 is 21.7 Å². The van der Waals surface area contributed by atoms with Crippen LogP contribution in [-0.4, -0.2) is 39.3 Å². The number of amides is 4. The molecule has 4 amide bonds. The zero-order valence-electron chi connectivity index (χ0n) is 14.9. The van der Waals surface area contributed by atoms with E-state index in [1.165, 1.54) is 38.4 Å². The number of aromatic amines is 1. The molecular formula is C17H17N4O6-. The molecule has 0 saturated carbocycles. The highest BCUT2D eigenvalue weighted by atomic mass is 16.3. The summed E-state index contributed by atoms with van der Waals surface area (Å²) < 4.78 is 0.774. The molecule has 1 saturated heterocycles. The smallest absolute Gasteiger partial charge is 0.331 e. The number of H-pyrrole nitrogens is 1. The van der Waals surface area contributed by atoms with Gasteiger partial charge in [0.25, 0.3) is 17.4 Å². The van der Waals surface area contributed by atoms with Gasteiger partial charge in [-0.25, -0.2) is 9.59 Å². The number of urea groups is 1. The van der Waals surface area contributed by atoms with Crippen molar-refractivity contribution in [2.75, 3.05) is 7.05 Å². The molecule has 0 aliphatic carbocycles. The summed E-state index contributed by atoms with van der Waals surface area (Å²) in [6, 6.07) is -0.807. The lowest BCUT2D eigenvalue weighted by Gasteiger charge is -2.21. The number of likely N-dealkylation sites (N-methyl/N-ethyl adjacent to an activating group) is 1. The number of hydrogen-bond donors (Lipinski definition) is 2. The highest BCUT2D eigenvalue weighted by molar-refractivity contribution is 6.28. The number of imide groups is 2. The maximum atomic E-state index is 12.0. The van der Waals surface area contributed by atoms with E-state index in [0.717, 1.165) is 9.47 Å². The first kappa shape index (κ1) is 19.6. The normalized spacial score (nSPS) is 17.1. The number of carbonyl (C=O) groups excluding carboxylic acids is 3. The van der Waals surface area contributed by atoms with Gasteiger partial charge >= 0.3 is 11.7 Å². The van der Waals surface area contributed by atoms with Crippen molar-refractivity contribution in [3.63, 3.8) is 0 Å². The Hall–Kier alpha value is -3.69. The molecule has 2 N–H and O–H groups in total. The molecular weight excluding hydrogens is 356 g/mol. The fourth-order valence-electron chi connectivity index (χ4n) is 2.20. The minimum Gasteiger partial charge on any atom is -0.859 e. The van der Waals surface area contributed by atoms with Crippen LogP contribution in [0.2, 0.25) is 0 Å². The summed E-state index contributed by atoms with van der Waals surface area (Å²) in [6.45, 7) is 1.79. The average Bonchev–Trinajstić information content (AvgIpc) is 2.62. The fraction of sp³-hybridized carbons (Fsp3) is 0.235. The first-order valence-electron chi connectivity index (χ1n) is 7.90. The van der Waals surface area contributed by atoms with Crippen molar-refractivity contribution in [2.45, 2.75) is 13.3 Å². The van der Waals surface area contributed by atoms with E-state index in [1.807, 2.05) is 10.3 Å². The van der Waals surface area contributed by atoms with Crippen molar-refractivity contribution in [3.8, 4) is 5.88 Å². The molecule has 1 aromatic rings. The van der Waals surface area contributed by atoms with E-state index >= 15 is 0 Å². The van der Waals surface area contributed by atoms with Crippen LogP contribution in [0.25, 0.3) is 6.08 Å². The first-order valence-corrected chi connectivity index (χ1v) is 7.90. The van der Waals surface area contributed by atoms with E-state index in [-0.39, 0.29) is 11.1 Å². The molecule has 1 aromatic heterocycles. The van der Waals surface area contributed by atoms with Gasteiger partial charge in [0.05, 0.1) is 0 Å². The second-order valence-electron chi connectivity index (χ2n) is 5.67. The van der Waals surface area contributed by atoms with Gasteiger partial charge in [-0.1, -0.05) is 19.1 Å². The zero-order valence-corrected chi connectivity index (χ0v) is 14.9. The van der Waals surface area contributed by atoms with E-state index in [2.05, 4.69) is 0 Å². The summed E-state index contributed by atoms with van der Waals surface area (Å²) >= 11 is 0. The van der Waals surface area contributed by atoms with Gasteiger partial charge in [-0.05, 0) is 30.0 Å². The molecule has 1 aliphatic rings. The van der Waals surface area contributed by atoms with Crippen LogP contribution in [0.1, 0.15) is 18.9 Å². The van der Waals surface area contributed by atoms with Crippen molar-refractivity contribution in [1.82, 2.24) is 19.8 Å². The van der Waals surface area contributed by atoms with E-state index in [1.54, 1.807) is 6.92 Å². The zero-order chi connectivity index (χ0) is 20.3. The topological polar surface area (TPSA) is 144 Å². The molecule has 0 unspecified atom stereocenters. The molecule has 1 aliphatic heterocycles. The van der Waals surface area contributed by atoms with Gasteiger partial charge in [-0.15, -0.1) is 0 Å². The van der Waals surface area contributed by atoms with Gasteiger partial charge in [-0.3, -0.25) is 29.6 Å². The number of nitrogens with zero attached hydrogens (tertiary/aromatic N) is 2. The average molecular weight is 373 g/mol. The number of hydrogen-bond acceptors (Lipinski definition) is 6. The number of aromatic nitrogens is 2. The largest absolute Gasteiger partial charge is 0.859 e. The van der Waals surface area contributed by atoms with Crippen LogP contribution >= 0.6 is 0 Å². The number of rotatable bonds is 4. The predicted molar refractivity (Wildman–Crippen MR) is 93.5 cm³/mol. The van der Waals surface area contributed by atoms with E-state index in [4.69, 9.17) is 0 Å².